The zero-order valence-corrected chi connectivity index (χ0v) is 21.7. The number of amides is 2. The summed E-state index contributed by atoms with van der Waals surface area (Å²) in [5.41, 5.74) is 3.57. The van der Waals surface area contributed by atoms with Gasteiger partial charge >= 0.3 is 0 Å². The molecule has 8 heteroatoms. The Balaban J connectivity index is 2.21. The van der Waals surface area contributed by atoms with Gasteiger partial charge in [0.25, 0.3) is 0 Å². The Labute approximate surface area is 204 Å². The largest absolute Gasteiger partial charge is 0.355 e. The molecule has 186 valence electrons. The van der Waals surface area contributed by atoms with Crippen LogP contribution in [0.25, 0.3) is 0 Å². The van der Waals surface area contributed by atoms with Gasteiger partial charge in [-0.3, -0.25) is 13.9 Å². The zero-order valence-electron chi connectivity index (χ0n) is 20.9. The molecule has 0 aromatic heterocycles. The fourth-order valence-electron chi connectivity index (χ4n) is 3.97. The van der Waals surface area contributed by atoms with E-state index in [1.165, 1.54) is 10.6 Å². The highest BCUT2D eigenvalue weighted by Gasteiger charge is 2.28. The molecule has 0 saturated carbocycles. The lowest BCUT2D eigenvalue weighted by Gasteiger charge is -2.31. The van der Waals surface area contributed by atoms with E-state index in [4.69, 9.17) is 0 Å². The number of aryl methyl sites for hydroxylation is 2. The fourth-order valence-corrected chi connectivity index (χ4v) is 4.93. The van der Waals surface area contributed by atoms with E-state index in [0.29, 0.717) is 31.6 Å². The smallest absolute Gasteiger partial charge is 0.242 e. The molecule has 0 aliphatic carbocycles. The third-order valence-corrected chi connectivity index (χ3v) is 6.97. The lowest BCUT2D eigenvalue weighted by Crippen LogP contribution is -2.49. The Hall–Kier alpha value is -2.87. The van der Waals surface area contributed by atoms with E-state index in [-0.39, 0.29) is 24.8 Å². The van der Waals surface area contributed by atoms with Crippen molar-refractivity contribution in [2.24, 2.45) is 0 Å². The quantitative estimate of drug-likeness (QED) is 0.493. The van der Waals surface area contributed by atoms with Gasteiger partial charge in [0, 0.05) is 26.1 Å². The first-order valence-electron chi connectivity index (χ1n) is 11.7. The maximum absolute atomic E-state index is 13.4. The van der Waals surface area contributed by atoms with E-state index >= 15 is 0 Å². The number of hydrogen-bond acceptors (Lipinski definition) is 4. The van der Waals surface area contributed by atoms with Gasteiger partial charge in [-0.1, -0.05) is 43.3 Å². The lowest BCUT2D eigenvalue weighted by atomic mass is 10.1. The van der Waals surface area contributed by atoms with Crippen molar-refractivity contribution in [3.05, 3.63) is 65.2 Å². The van der Waals surface area contributed by atoms with Crippen LogP contribution in [-0.2, 0) is 26.2 Å². The third kappa shape index (κ3) is 7.58. The van der Waals surface area contributed by atoms with E-state index < -0.39 is 16.1 Å². The van der Waals surface area contributed by atoms with Gasteiger partial charge < -0.3 is 10.2 Å². The highest BCUT2D eigenvalue weighted by atomic mass is 32.2. The van der Waals surface area contributed by atoms with E-state index in [0.717, 1.165) is 16.7 Å². The number of nitrogens with zero attached hydrogens (tertiary/aromatic N) is 2. The van der Waals surface area contributed by atoms with Gasteiger partial charge in [0.15, 0.2) is 0 Å². The van der Waals surface area contributed by atoms with Crippen LogP contribution in [0.15, 0.2) is 48.5 Å². The van der Waals surface area contributed by atoms with E-state index in [2.05, 4.69) is 5.32 Å². The predicted octanol–water partition coefficient (Wildman–Crippen LogP) is 3.79. The number of carbonyl (C=O) groups excluding carboxylic acids is 2. The van der Waals surface area contributed by atoms with Crippen molar-refractivity contribution in [2.45, 2.75) is 59.5 Å². The maximum Gasteiger partial charge on any atom is 0.242 e. The molecule has 0 saturated heterocycles. The Morgan fingerprint density at radius 2 is 1.74 bits per heavy atom. The average Bonchev–Trinajstić information content (AvgIpc) is 2.77. The Morgan fingerprint density at radius 1 is 1.03 bits per heavy atom. The Morgan fingerprint density at radius 3 is 2.32 bits per heavy atom. The normalized spacial score (nSPS) is 12.1. The summed E-state index contributed by atoms with van der Waals surface area (Å²) in [4.78, 5) is 27.7. The second-order valence-electron chi connectivity index (χ2n) is 8.54. The monoisotopic (exact) mass is 487 g/mol. The average molecular weight is 488 g/mol. The van der Waals surface area contributed by atoms with Crippen LogP contribution in [0.4, 0.5) is 5.69 Å². The first kappa shape index (κ1) is 27.4. The van der Waals surface area contributed by atoms with Crippen molar-refractivity contribution < 1.29 is 18.0 Å². The minimum absolute atomic E-state index is 0.139. The summed E-state index contributed by atoms with van der Waals surface area (Å²) >= 11 is 0. The van der Waals surface area contributed by atoms with E-state index in [9.17, 15) is 18.0 Å². The maximum atomic E-state index is 13.4. The molecule has 0 unspecified atom stereocenters. The van der Waals surface area contributed by atoms with Gasteiger partial charge in [0.1, 0.15) is 6.04 Å². The topological polar surface area (TPSA) is 86.8 Å². The number of hydrogen-bond donors (Lipinski definition) is 1. The summed E-state index contributed by atoms with van der Waals surface area (Å²) in [6.07, 6.45) is 2.14. The predicted molar refractivity (Wildman–Crippen MR) is 137 cm³/mol. The zero-order chi connectivity index (χ0) is 25.3. The van der Waals surface area contributed by atoms with Crippen LogP contribution in [0, 0.1) is 13.8 Å². The van der Waals surface area contributed by atoms with Crippen molar-refractivity contribution in [1.82, 2.24) is 10.2 Å². The van der Waals surface area contributed by atoms with Crippen molar-refractivity contribution >= 4 is 27.5 Å². The van der Waals surface area contributed by atoms with Crippen LogP contribution in [-0.4, -0.2) is 50.5 Å². The van der Waals surface area contributed by atoms with Crippen LogP contribution in [0.3, 0.4) is 0 Å². The SMILES string of the molecule is CCNC(=O)[C@@H](CC)N(Cc1ccccc1C)C(=O)CCCN(c1cccc(C)c1)S(C)(=O)=O. The van der Waals surface area contributed by atoms with Gasteiger partial charge in [0.2, 0.25) is 21.8 Å². The summed E-state index contributed by atoms with van der Waals surface area (Å²) < 4.78 is 26.2. The standard InChI is InChI=1S/C26H37N3O4S/c1-6-24(26(31)27-7-2)28(19-22-14-9-8-13-21(22)4)25(30)16-11-17-29(34(5,32)33)23-15-10-12-20(3)18-23/h8-10,12-15,18,24H,6-7,11,16-17,19H2,1-5H3,(H,27,31)/t24-/m1/s1. The highest BCUT2D eigenvalue weighted by Crippen LogP contribution is 2.21. The van der Waals surface area contributed by atoms with E-state index in [1.807, 2.05) is 70.2 Å². The van der Waals surface area contributed by atoms with Gasteiger partial charge in [-0.05, 0) is 62.4 Å². The molecule has 34 heavy (non-hydrogen) atoms. The molecule has 0 heterocycles. The number of anilines is 1. The number of rotatable bonds is 12. The molecule has 2 amide bonds. The molecule has 0 bridgehead atoms. The van der Waals surface area contributed by atoms with Crippen molar-refractivity contribution in [2.75, 3.05) is 23.7 Å². The number of benzene rings is 2. The molecule has 0 fully saturated rings. The molecule has 7 nitrogen and oxygen atoms in total. The third-order valence-electron chi connectivity index (χ3n) is 5.78. The molecule has 0 aliphatic heterocycles. The van der Waals surface area contributed by atoms with Crippen LogP contribution >= 0.6 is 0 Å². The molecular weight excluding hydrogens is 450 g/mol. The second-order valence-corrected chi connectivity index (χ2v) is 10.5. The molecule has 1 N–H and O–H groups in total. The molecule has 0 aliphatic rings. The summed E-state index contributed by atoms with van der Waals surface area (Å²) in [5, 5.41) is 2.83. The van der Waals surface area contributed by atoms with Crippen LogP contribution in [0.2, 0.25) is 0 Å². The lowest BCUT2D eigenvalue weighted by molar-refractivity contribution is -0.141. The first-order valence-corrected chi connectivity index (χ1v) is 13.6. The number of nitrogens with one attached hydrogen (secondary N) is 1. The van der Waals surface area contributed by atoms with Crippen LogP contribution < -0.4 is 9.62 Å². The molecule has 2 aromatic rings. The van der Waals surface area contributed by atoms with Crippen molar-refractivity contribution in [3.8, 4) is 0 Å². The summed E-state index contributed by atoms with van der Waals surface area (Å²) in [7, 11) is -3.50. The van der Waals surface area contributed by atoms with Crippen LogP contribution in [0.5, 0.6) is 0 Å². The molecule has 0 spiro atoms. The second kappa shape index (κ2) is 12.6. The molecule has 2 rings (SSSR count). The van der Waals surface area contributed by atoms with Gasteiger partial charge in [-0.2, -0.15) is 0 Å². The molecule has 0 radical (unpaired) electrons. The Bertz CT molecular complexity index is 1080. The van der Waals surface area contributed by atoms with Gasteiger partial charge in [-0.25, -0.2) is 8.42 Å². The van der Waals surface area contributed by atoms with Gasteiger partial charge in [0.05, 0.1) is 11.9 Å². The van der Waals surface area contributed by atoms with Gasteiger partial charge in [-0.15, -0.1) is 0 Å². The molecule has 1 atom stereocenters. The van der Waals surface area contributed by atoms with Crippen molar-refractivity contribution in [3.63, 3.8) is 0 Å². The number of likely N-dealkylation sites (N-methyl/N-ethyl adjacent to an activating group) is 1. The first-order chi connectivity index (χ1) is 16.1. The minimum atomic E-state index is -3.50. The minimum Gasteiger partial charge on any atom is -0.355 e. The summed E-state index contributed by atoms with van der Waals surface area (Å²) in [6.45, 7) is 8.63. The molecule has 2 aromatic carbocycles. The molecular formula is C26H37N3O4S. The van der Waals surface area contributed by atoms with E-state index in [1.54, 1.807) is 11.0 Å². The number of carbonyl (C=O) groups is 2. The van der Waals surface area contributed by atoms with Crippen LogP contribution in [0.1, 0.15) is 49.8 Å². The highest BCUT2D eigenvalue weighted by molar-refractivity contribution is 7.92. The van der Waals surface area contributed by atoms with Crippen molar-refractivity contribution in [1.29, 1.82) is 0 Å². The summed E-state index contributed by atoms with van der Waals surface area (Å²) in [6, 6.07) is 14.5. The number of sulfonamides is 1. The Kier molecular flexibility index (Phi) is 10.1. The summed E-state index contributed by atoms with van der Waals surface area (Å²) in [5.74, 6) is -0.344. The fraction of sp³-hybridized carbons (Fsp3) is 0.462.